The Hall–Kier alpha value is -4.84. The molecule has 2 aromatic heterocycles. The summed E-state index contributed by atoms with van der Waals surface area (Å²) in [6.45, 7) is 3.89. The summed E-state index contributed by atoms with van der Waals surface area (Å²) < 4.78 is 22.3. The van der Waals surface area contributed by atoms with Gasteiger partial charge in [-0.2, -0.15) is 0 Å². The molecule has 0 spiro atoms. The number of unbranched alkanes of at least 4 members (excludes halogenated alkanes) is 1. The molecule has 0 fully saturated rings. The first-order chi connectivity index (χ1) is 20.8. The van der Waals surface area contributed by atoms with Gasteiger partial charge in [-0.1, -0.05) is 19.4 Å². The summed E-state index contributed by atoms with van der Waals surface area (Å²) in [5.74, 6) is 2.15. The molecule has 1 aliphatic heterocycles. The molecule has 0 bridgehead atoms. The van der Waals surface area contributed by atoms with E-state index in [9.17, 15) is 9.90 Å². The van der Waals surface area contributed by atoms with Crippen molar-refractivity contribution in [3.8, 4) is 45.6 Å². The zero-order valence-electron chi connectivity index (χ0n) is 24.8. The van der Waals surface area contributed by atoms with E-state index in [2.05, 4.69) is 20.7 Å². The molecule has 2 aromatic carbocycles. The summed E-state index contributed by atoms with van der Waals surface area (Å²) in [7, 11) is 4.68. The van der Waals surface area contributed by atoms with Crippen molar-refractivity contribution >= 4 is 5.84 Å². The number of benzene rings is 2. The normalized spacial score (nSPS) is 16.1. The number of hydrogen-bond donors (Lipinski definition) is 3. The number of nitrogens with zero attached hydrogens (tertiary/aromatic N) is 3. The third-order valence-corrected chi connectivity index (χ3v) is 7.29. The van der Waals surface area contributed by atoms with Gasteiger partial charge in [0.05, 0.1) is 32.5 Å². The summed E-state index contributed by atoms with van der Waals surface area (Å²) >= 11 is 0. The van der Waals surface area contributed by atoms with Crippen LogP contribution in [-0.4, -0.2) is 53.2 Å². The van der Waals surface area contributed by atoms with Gasteiger partial charge in [-0.3, -0.25) is 4.79 Å². The number of hydrogen-bond acceptors (Lipinski definition) is 11. The molecule has 3 N–H and O–H groups in total. The number of amidine groups is 1. The van der Waals surface area contributed by atoms with Crippen molar-refractivity contribution in [2.24, 2.45) is 4.99 Å². The van der Waals surface area contributed by atoms with Crippen LogP contribution in [0.2, 0.25) is 0 Å². The maximum atomic E-state index is 13.3. The molecule has 4 aromatic rings. The van der Waals surface area contributed by atoms with Crippen molar-refractivity contribution in [1.82, 2.24) is 20.7 Å². The Morgan fingerprint density at radius 3 is 2.30 bits per heavy atom. The van der Waals surface area contributed by atoms with Crippen molar-refractivity contribution in [2.45, 2.75) is 51.7 Å². The zero-order valence-corrected chi connectivity index (χ0v) is 24.8. The van der Waals surface area contributed by atoms with Gasteiger partial charge >= 0.3 is 0 Å². The first-order valence-electron chi connectivity index (χ1n) is 14.0. The summed E-state index contributed by atoms with van der Waals surface area (Å²) in [6.07, 6.45) is 2.93. The van der Waals surface area contributed by atoms with Crippen LogP contribution in [0.5, 0.6) is 23.0 Å². The minimum absolute atomic E-state index is 0.107. The second-order valence-corrected chi connectivity index (χ2v) is 10.2. The molecular formula is C31H35N5O7. The van der Waals surface area contributed by atoms with E-state index in [0.29, 0.717) is 53.4 Å². The second kappa shape index (κ2) is 12.6. The molecule has 1 atom stereocenters. The Kier molecular flexibility index (Phi) is 8.67. The SMILES string of the molecule is CCCCc1[nH]c(=O)c(-c2nnc(CCC3(C)N=C(c4ccc(OC)cc4)NO3)o2)c(O)c1-c1c(OC)cccc1OC. The number of aromatic amines is 1. The molecule has 0 radical (unpaired) electrons. The molecule has 1 unspecified atom stereocenters. The van der Waals surface area contributed by atoms with Crippen LogP contribution in [0.3, 0.4) is 0 Å². The van der Waals surface area contributed by atoms with Crippen LogP contribution in [0.15, 0.2) is 56.7 Å². The number of aromatic hydroxyl groups is 1. The molecule has 0 saturated heterocycles. The highest BCUT2D eigenvalue weighted by molar-refractivity contribution is 5.99. The monoisotopic (exact) mass is 589 g/mol. The van der Waals surface area contributed by atoms with Gasteiger partial charge in [0.1, 0.15) is 28.6 Å². The molecule has 12 heteroatoms. The molecule has 1 aliphatic rings. The van der Waals surface area contributed by atoms with Crippen molar-refractivity contribution in [3.05, 3.63) is 70.0 Å². The minimum Gasteiger partial charge on any atom is -0.506 e. The molecule has 43 heavy (non-hydrogen) atoms. The smallest absolute Gasteiger partial charge is 0.264 e. The third kappa shape index (κ3) is 6.05. The van der Waals surface area contributed by atoms with Gasteiger partial charge in [-0.05, 0) is 56.2 Å². The summed E-state index contributed by atoms with van der Waals surface area (Å²) in [6, 6.07) is 12.8. The molecule has 12 nitrogen and oxygen atoms in total. The van der Waals surface area contributed by atoms with Gasteiger partial charge in [0, 0.05) is 24.1 Å². The van der Waals surface area contributed by atoms with Gasteiger partial charge in [0.15, 0.2) is 11.6 Å². The molecule has 226 valence electrons. The molecule has 3 heterocycles. The van der Waals surface area contributed by atoms with Gasteiger partial charge in [-0.25, -0.2) is 15.3 Å². The van der Waals surface area contributed by atoms with E-state index in [1.807, 2.05) is 38.1 Å². The zero-order chi connectivity index (χ0) is 30.6. The predicted molar refractivity (Wildman–Crippen MR) is 160 cm³/mol. The molecule has 0 amide bonds. The van der Waals surface area contributed by atoms with Crippen LogP contribution < -0.4 is 25.2 Å². The molecular weight excluding hydrogens is 554 g/mol. The fraction of sp³-hybridized carbons (Fsp3) is 0.355. The number of nitrogens with one attached hydrogen (secondary N) is 2. The second-order valence-electron chi connectivity index (χ2n) is 10.2. The number of ether oxygens (including phenoxy) is 3. The van der Waals surface area contributed by atoms with E-state index in [-0.39, 0.29) is 23.1 Å². The average molecular weight is 590 g/mol. The van der Waals surface area contributed by atoms with Crippen LogP contribution in [-0.2, 0) is 17.7 Å². The third-order valence-electron chi connectivity index (χ3n) is 7.29. The van der Waals surface area contributed by atoms with E-state index in [0.717, 1.165) is 24.2 Å². The standard InChI is InChI=1S/C31H35N5O7/c1-6-7-9-20-24(25-21(40-4)10-8-11-22(25)41-5)27(37)26(29(38)32-20)30-35-34-23(42-30)16-17-31(2)33-28(36-43-31)18-12-14-19(39-3)15-13-18/h8,10-15H,6-7,9,16-17H2,1-5H3,(H,33,36)(H2,32,37,38). The van der Waals surface area contributed by atoms with Crippen LogP contribution in [0.25, 0.3) is 22.6 Å². The molecule has 0 aliphatic carbocycles. The number of methoxy groups -OCH3 is 3. The van der Waals surface area contributed by atoms with Crippen molar-refractivity contribution in [3.63, 3.8) is 0 Å². The van der Waals surface area contributed by atoms with Crippen LogP contribution >= 0.6 is 0 Å². The first kappa shape index (κ1) is 29.6. The number of H-pyrrole nitrogens is 1. The fourth-order valence-corrected chi connectivity index (χ4v) is 4.96. The summed E-state index contributed by atoms with van der Waals surface area (Å²) in [5, 5.41) is 19.8. The minimum atomic E-state index is -0.891. The fourth-order valence-electron chi connectivity index (χ4n) is 4.96. The number of hydroxylamine groups is 1. The Labute approximate surface area is 248 Å². The molecule has 5 rings (SSSR count). The van der Waals surface area contributed by atoms with Crippen LogP contribution in [0, 0.1) is 0 Å². The van der Waals surface area contributed by atoms with Gasteiger partial charge in [0.2, 0.25) is 5.89 Å². The number of rotatable bonds is 12. The van der Waals surface area contributed by atoms with E-state index in [4.69, 9.17) is 28.5 Å². The predicted octanol–water partition coefficient (Wildman–Crippen LogP) is 4.80. The maximum absolute atomic E-state index is 13.3. The largest absolute Gasteiger partial charge is 0.506 e. The molecule has 0 saturated carbocycles. The highest BCUT2D eigenvalue weighted by Crippen LogP contribution is 2.46. The highest BCUT2D eigenvalue weighted by atomic mass is 16.7. The number of aliphatic imine (C=N–C) groups is 1. The van der Waals surface area contributed by atoms with E-state index >= 15 is 0 Å². The van der Waals surface area contributed by atoms with Gasteiger partial charge in [-0.15, -0.1) is 10.2 Å². The van der Waals surface area contributed by atoms with Gasteiger partial charge in [0.25, 0.3) is 11.4 Å². The quantitative estimate of drug-likeness (QED) is 0.210. The van der Waals surface area contributed by atoms with E-state index in [1.165, 1.54) is 14.2 Å². The Morgan fingerprint density at radius 1 is 0.930 bits per heavy atom. The maximum Gasteiger partial charge on any atom is 0.264 e. The topological polar surface area (TPSA) is 153 Å². The summed E-state index contributed by atoms with van der Waals surface area (Å²) in [4.78, 5) is 26.7. The Bertz CT molecular complexity index is 1660. The van der Waals surface area contributed by atoms with Crippen molar-refractivity contribution in [1.29, 1.82) is 0 Å². The lowest BCUT2D eigenvalue weighted by Gasteiger charge is -2.18. The highest BCUT2D eigenvalue weighted by Gasteiger charge is 2.33. The lowest BCUT2D eigenvalue weighted by atomic mass is 9.96. The number of aryl methyl sites for hydroxylation is 2. The summed E-state index contributed by atoms with van der Waals surface area (Å²) in [5.41, 5.74) is 3.63. The van der Waals surface area contributed by atoms with Crippen LogP contribution in [0.1, 0.15) is 50.3 Å². The average Bonchev–Trinajstić information content (AvgIpc) is 3.66. The van der Waals surface area contributed by atoms with E-state index < -0.39 is 11.3 Å². The Morgan fingerprint density at radius 2 is 1.65 bits per heavy atom. The lowest BCUT2D eigenvalue weighted by molar-refractivity contribution is -0.0466. The van der Waals surface area contributed by atoms with E-state index in [1.54, 1.807) is 25.3 Å². The number of pyridine rings is 1. The Balaban J connectivity index is 1.44. The van der Waals surface area contributed by atoms with Crippen LogP contribution in [0.4, 0.5) is 0 Å². The number of aromatic nitrogens is 3. The van der Waals surface area contributed by atoms with Crippen molar-refractivity contribution in [2.75, 3.05) is 21.3 Å². The van der Waals surface area contributed by atoms with Crippen molar-refractivity contribution < 1.29 is 28.6 Å². The van der Waals surface area contributed by atoms with Gasteiger partial charge < -0.3 is 28.7 Å². The first-order valence-corrected chi connectivity index (χ1v) is 14.0. The lowest BCUT2D eigenvalue weighted by Crippen LogP contribution is -2.27.